The van der Waals surface area contributed by atoms with Crippen molar-refractivity contribution in [3.05, 3.63) is 35.9 Å². The van der Waals surface area contributed by atoms with Gasteiger partial charge in [0.2, 0.25) is 0 Å². The number of ether oxygens (including phenoxy) is 4. The number of carbonyl (C=O) groups excluding carboxylic acids is 1. The molecule has 2 aliphatic rings. The summed E-state index contributed by atoms with van der Waals surface area (Å²) in [6.45, 7) is 11.6. The van der Waals surface area contributed by atoms with E-state index in [1.165, 1.54) is 0 Å². The largest absolute Gasteiger partial charge is 0.509 e. The van der Waals surface area contributed by atoms with Gasteiger partial charge in [-0.2, -0.15) is 0 Å². The summed E-state index contributed by atoms with van der Waals surface area (Å²) in [5.41, 5.74) is 1.03. The monoisotopic (exact) mass is 380 g/mol. The van der Waals surface area contributed by atoms with Crippen molar-refractivity contribution in [1.29, 1.82) is 0 Å². The Morgan fingerprint density at radius 1 is 1.08 bits per heavy atom. The van der Waals surface area contributed by atoms with Crippen LogP contribution >= 0.6 is 0 Å². The van der Waals surface area contributed by atoms with E-state index in [1.54, 1.807) is 0 Å². The molecule has 2 saturated heterocycles. The first-order valence-electron chi connectivity index (χ1n) is 8.99. The molecule has 0 amide bonds. The quantitative estimate of drug-likeness (QED) is 0.552. The molecule has 1 aromatic rings. The Hall–Kier alpha value is -1.41. The van der Waals surface area contributed by atoms with Gasteiger partial charge in [0, 0.05) is 0 Å². The SMILES string of the molecule is CC(C)(C)[Si](C)(C)OC[C@H]1OC(OCc2ccccc2)[C@@H]2OC(=O)O[C@H]12. The third-order valence-corrected chi connectivity index (χ3v) is 9.90. The summed E-state index contributed by atoms with van der Waals surface area (Å²) < 4.78 is 28.6. The standard InChI is InChI=1S/C19H28O6Si/c1-19(2,3)26(4,5)22-12-14-15-16(25-18(20)24-15)17(23-14)21-11-13-9-7-6-8-10-13/h6-10,14-17H,11-12H2,1-5H3/t14-,15-,16-,17?/m1/s1. The second kappa shape index (κ2) is 7.30. The van der Waals surface area contributed by atoms with Crippen LogP contribution in [0.25, 0.3) is 0 Å². The number of carbonyl (C=O) groups is 1. The molecule has 26 heavy (non-hydrogen) atoms. The molecule has 0 saturated carbocycles. The smallest absolute Gasteiger partial charge is 0.424 e. The Balaban J connectivity index is 1.62. The van der Waals surface area contributed by atoms with E-state index in [0.717, 1.165) is 5.56 Å². The summed E-state index contributed by atoms with van der Waals surface area (Å²) in [6, 6.07) is 9.80. The van der Waals surface area contributed by atoms with Crippen LogP contribution in [0.1, 0.15) is 26.3 Å². The number of fused-ring (bicyclic) bond motifs is 1. The van der Waals surface area contributed by atoms with E-state index in [-0.39, 0.29) is 11.1 Å². The Morgan fingerprint density at radius 2 is 1.73 bits per heavy atom. The maximum atomic E-state index is 11.6. The summed E-state index contributed by atoms with van der Waals surface area (Å²) in [5.74, 6) is 0. The van der Waals surface area contributed by atoms with Crippen molar-refractivity contribution in [2.75, 3.05) is 6.61 Å². The molecule has 4 atom stereocenters. The van der Waals surface area contributed by atoms with Gasteiger partial charge >= 0.3 is 6.16 Å². The van der Waals surface area contributed by atoms with E-state index in [4.69, 9.17) is 23.4 Å². The van der Waals surface area contributed by atoms with Gasteiger partial charge in [-0.1, -0.05) is 51.1 Å². The third kappa shape index (κ3) is 4.11. The summed E-state index contributed by atoms with van der Waals surface area (Å²) in [4.78, 5) is 11.6. The normalized spacial score (nSPS) is 28.6. The second-order valence-corrected chi connectivity index (χ2v) is 13.1. The van der Waals surface area contributed by atoms with Crippen molar-refractivity contribution in [3.8, 4) is 0 Å². The summed E-state index contributed by atoms with van der Waals surface area (Å²) in [7, 11) is -1.93. The van der Waals surface area contributed by atoms with E-state index in [0.29, 0.717) is 13.2 Å². The molecule has 0 bridgehead atoms. The van der Waals surface area contributed by atoms with Gasteiger partial charge in [0.25, 0.3) is 0 Å². The molecule has 0 N–H and O–H groups in total. The molecule has 2 aliphatic heterocycles. The first-order valence-corrected chi connectivity index (χ1v) is 11.9. The highest BCUT2D eigenvalue weighted by molar-refractivity contribution is 6.74. The van der Waals surface area contributed by atoms with Gasteiger partial charge in [0.1, 0.15) is 6.10 Å². The minimum Gasteiger partial charge on any atom is -0.424 e. The molecule has 3 rings (SSSR count). The van der Waals surface area contributed by atoms with Crippen LogP contribution in [-0.4, -0.2) is 45.7 Å². The zero-order valence-corrected chi connectivity index (χ0v) is 17.1. The van der Waals surface area contributed by atoms with Crippen molar-refractivity contribution >= 4 is 14.5 Å². The summed E-state index contributed by atoms with van der Waals surface area (Å²) in [5, 5.41) is 0.0943. The Kier molecular flexibility index (Phi) is 5.44. The van der Waals surface area contributed by atoms with E-state index < -0.39 is 33.0 Å². The highest BCUT2D eigenvalue weighted by Crippen LogP contribution is 2.38. The zero-order valence-electron chi connectivity index (χ0n) is 16.1. The molecule has 0 aliphatic carbocycles. The van der Waals surface area contributed by atoms with Crippen LogP contribution in [0, 0.1) is 0 Å². The molecule has 1 aromatic carbocycles. The van der Waals surface area contributed by atoms with Crippen LogP contribution in [0.15, 0.2) is 30.3 Å². The zero-order chi connectivity index (χ0) is 18.9. The topological polar surface area (TPSA) is 63.2 Å². The van der Waals surface area contributed by atoms with Crippen LogP contribution < -0.4 is 0 Å². The lowest BCUT2D eigenvalue weighted by molar-refractivity contribution is -0.177. The third-order valence-electron chi connectivity index (χ3n) is 5.40. The van der Waals surface area contributed by atoms with Crippen molar-refractivity contribution in [1.82, 2.24) is 0 Å². The van der Waals surface area contributed by atoms with Gasteiger partial charge in [0.05, 0.1) is 13.2 Å². The van der Waals surface area contributed by atoms with E-state index in [2.05, 4.69) is 33.9 Å². The molecular formula is C19H28O6Si. The number of hydrogen-bond acceptors (Lipinski definition) is 6. The fourth-order valence-electron chi connectivity index (χ4n) is 2.74. The molecule has 2 fully saturated rings. The average molecular weight is 381 g/mol. The molecule has 0 aromatic heterocycles. The van der Waals surface area contributed by atoms with Gasteiger partial charge < -0.3 is 23.4 Å². The minimum absolute atomic E-state index is 0.0943. The Bertz CT molecular complexity index is 627. The second-order valence-electron chi connectivity index (χ2n) is 8.33. The molecule has 0 radical (unpaired) electrons. The lowest BCUT2D eigenvalue weighted by atomic mass is 10.1. The van der Waals surface area contributed by atoms with Crippen molar-refractivity contribution in [2.24, 2.45) is 0 Å². The van der Waals surface area contributed by atoms with Crippen LogP contribution in [0.5, 0.6) is 0 Å². The molecule has 2 heterocycles. The molecule has 7 heteroatoms. The molecular weight excluding hydrogens is 352 g/mol. The summed E-state index contributed by atoms with van der Waals surface area (Å²) >= 11 is 0. The fraction of sp³-hybridized carbons (Fsp3) is 0.632. The van der Waals surface area contributed by atoms with Crippen LogP contribution in [0.4, 0.5) is 4.79 Å². The van der Waals surface area contributed by atoms with Gasteiger partial charge in [-0.3, -0.25) is 0 Å². The van der Waals surface area contributed by atoms with E-state index in [1.807, 2.05) is 30.3 Å². The Morgan fingerprint density at radius 3 is 2.38 bits per heavy atom. The predicted octanol–water partition coefficient (Wildman–Crippen LogP) is 3.85. The first kappa shape index (κ1) is 19.4. The minimum atomic E-state index is -1.93. The molecule has 0 spiro atoms. The number of rotatable bonds is 6. The number of hydrogen-bond donors (Lipinski definition) is 0. The van der Waals surface area contributed by atoms with E-state index in [9.17, 15) is 4.79 Å². The van der Waals surface area contributed by atoms with Crippen LogP contribution in [0.3, 0.4) is 0 Å². The van der Waals surface area contributed by atoms with Crippen LogP contribution in [-0.2, 0) is 30.0 Å². The van der Waals surface area contributed by atoms with E-state index >= 15 is 0 Å². The predicted molar refractivity (Wildman–Crippen MR) is 98.2 cm³/mol. The summed E-state index contributed by atoms with van der Waals surface area (Å²) in [6.07, 6.45) is -2.76. The average Bonchev–Trinajstić information content (AvgIpc) is 3.09. The first-order chi connectivity index (χ1) is 12.2. The van der Waals surface area contributed by atoms with Gasteiger partial charge in [-0.25, -0.2) is 4.79 Å². The highest BCUT2D eigenvalue weighted by Gasteiger charge is 2.55. The molecule has 1 unspecified atom stereocenters. The lowest BCUT2D eigenvalue weighted by Gasteiger charge is -2.37. The van der Waals surface area contributed by atoms with Gasteiger partial charge in [0.15, 0.2) is 26.8 Å². The van der Waals surface area contributed by atoms with Gasteiger partial charge in [-0.15, -0.1) is 0 Å². The molecule has 144 valence electrons. The van der Waals surface area contributed by atoms with Crippen molar-refractivity contribution in [2.45, 2.75) is 70.1 Å². The highest BCUT2D eigenvalue weighted by atomic mass is 28.4. The maximum absolute atomic E-state index is 11.6. The maximum Gasteiger partial charge on any atom is 0.509 e. The molecule has 6 nitrogen and oxygen atoms in total. The van der Waals surface area contributed by atoms with Gasteiger partial charge in [-0.05, 0) is 23.7 Å². The van der Waals surface area contributed by atoms with Crippen LogP contribution in [0.2, 0.25) is 18.1 Å². The fourth-order valence-corrected chi connectivity index (χ4v) is 3.75. The van der Waals surface area contributed by atoms with Crippen molar-refractivity contribution < 1.29 is 28.2 Å². The lowest BCUT2D eigenvalue weighted by Crippen LogP contribution is -2.44. The Labute approximate surface area is 155 Å². The number of benzene rings is 1. The van der Waals surface area contributed by atoms with Crippen molar-refractivity contribution in [3.63, 3.8) is 0 Å².